The molecule has 0 saturated carbocycles. The van der Waals surface area contributed by atoms with Gasteiger partial charge in [0.1, 0.15) is 5.69 Å². The van der Waals surface area contributed by atoms with Gasteiger partial charge in [-0.3, -0.25) is 9.69 Å². The molecule has 1 atom stereocenters. The minimum atomic E-state index is -0.0392. The molecule has 1 aromatic rings. The molecule has 0 aromatic carbocycles. The lowest BCUT2D eigenvalue weighted by Crippen LogP contribution is -2.52. The molecule has 2 aliphatic heterocycles. The van der Waals surface area contributed by atoms with Gasteiger partial charge in [-0.05, 0) is 19.4 Å². The molecule has 0 aliphatic carbocycles. The van der Waals surface area contributed by atoms with Crippen LogP contribution < -0.4 is 11.3 Å². The number of hydrazine groups is 1. The molecule has 2 saturated heterocycles. The van der Waals surface area contributed by atoms with Crippen molar-refractivity contribution in [1.29, 1.82) is 0 Å². The molecule has 3 rings (SSSR count). The molecule has 0 spiro atoms. The lowest BCUT2D eigenvalue weighted by atomic mass is 10.1. The van der Waals surface area contributed by atoms with Gasteiger partial charge in [-0.25, -0.2) is 15.8 Å². The molecule has 2 aliphatic rings. The molecule has 7 nitrogen and oxygen atoms in total. The van der Waals surface area contributed by atoms with Gasteiger partial charge in [0.05, 0.1) is 12.4 Å². The Morgan fingerprint density at radius 3 is 2.95 bits per heavy atom. The number of anilines is 1. The highest BCUT2D eigenvalue weighted by Crippen LogP contribution is 2.22. The molecule has 1 aromatic heterocycles. The summed E-state index contributed by atoms with van der Waals surface area (Å²) in [6, 6.07) is 0.524. The van der Waals surface area contributed by atoms with E-state index in [1.165, 1.54) is 31.8 Å². The van der Waals surface area contributed by atoms with Crippen molar-refractivity contribution < 1.29 is 4.79 Å². The van der Waals surface area contributed by atoms with E-state index in [-0.39, 0.29) is 5.91 Å². The van der Waals surface area contributed by atoms with Crippen molar-refractivity contribution in [3.8, 4) is 0 Å². The average molecular weight is 262 g/mol. The van der Waals surface area contributed by atoms with Gasteiger partial charge in [-0.2, -0.15) is 0 Å². The maximum Gasteiger partial charge on any atom is 0.274 e. The zero-order chi connectivity index (χ0) is 13.2. The molecule has 2 fully saturated rings. The Morgan fingerprint density at radius 1 is 1.32 bits per heavy atom. The molecule has 0 bridgehead atoms. The lowest BCUT2D eigenvalue weighted by molar-refractivity contribution is 0.0565. The largest absolute Gasteiger partial charge is 0.334 e. The van der Waals surface area contributed by atoms with Crippen molar-refractivity contribution in [3.63, 3.8) is 0 Å². The van der Waals surface area contributed by atoms with E-state index in [2.05, 4.69) is 20.3 Å². The first-order chi connectivity index (χ1) is 9.28. The van der Waals surface area contributed by atoms with E-state index in [1.807, 2.05) is 4.90 Å². The summed E-state index contributed by atoms with van der Waals surface area (Å²) in [6.45, 7) is 3.71. The second-order valence-electron chi connectivity index (χ2n) is 5.01. The maximum absolute atomic E-state index is 12.3. The number of nitrogens with zero attached hydrogens (tertiary/aromatic N) is 4. The minimum Gasteiger partial charge on any atom is -0.334 e. The summed E-state index contributed by atoms with van der Waals surface area (Å²) in [5, 5.41) is 0. The maximum atomic E-state index is 12.3. The standard InChI is InChI=1S/C12H18N6O/c13-16-11-7-14-10(6-15-11)12(19)18-5-4-17-3-1-2-9(17)8-18/h6-7,9H,1-5,8,13H2,(H,15,16). The first-order valence-electron chi connectivity index (χ1n) is 6.60. The van der Waals surface area contributed by atoms with Crippen molar-refractivity contribution in [2.24, 2.45) is 5.84 Å². The van der Waals surface area contributed by atoms with Crippen LogP contribution in [0.25, 0.3) is 0 Å². The highest BCUT2D eigenvalue weighted by Gasteiger charge is 2.33. The normalized spacial score (nSPS) is 23.2. The van der Waals surface area contributed by atoms with Crippen LogP contribution in [0.3, 0.4) is 0 Å². The third kappa shape index (κ3) is 2.39. The number of carbonyl (C=O) groups is 1. The summed E-state index contributed by atoms with van der Waals surface area (Å²) < 4.78 is 0. The van der Waals surface area contributed by atoms with E-state index in [0.29, 0.717) is 17.6 Å². The monoisotopic (exact) mass is 262 g/mol. The number of nitrogen functional groups attached to an aromatic ring is 1. The highest BCUT2D eigenvalue weighted by molar-refractivity contribution is 5.92. The van der Waals surface area contributed by atoms with Crippen molar-refractivity contribution in [2.45, 2.75) is 18.9 Å². The zero-order valence-corrected chi connectivity index (χ0v) is 10.7. The van der Waals surface area contributed by atoms with E-state index < -0.39 is 0 Å². The predicted octanol–water partition coefficient (Wildman–Crippen LogP) is -0.318. The van der Waals surface area contributed by atoms with Crippen LogP contribution in [0.5, 0.6) is 0 Å². The van der Waals surface area contributed by atoms with Crippen LogP contribution in [0.2, 0.25) is 0 Å². The molecular formula is C12H18N6O. The number of carbonyl (C=O) groups excluding carboxylic acids is 1. The first kappa shape index (κ1) is 12.3. The highest BCUT2D eigenvalue weighted by atomic mass is 16.2. The third-order valence-corrected chi connectivity index (χ3v) is 3.89. The summed E-state index contributed by atoms with van der Waals surface area (Å²) in [7, 11) is 0. The second-order valence-corrected chi connectivity index (χ2v) is 5.01. The number of nitrogens with one attached hydrogen (secondary N) is 1. The van der Waals surface area contributed by atoms with E-state index >= 15 is 0 Å². The Bertz CT molecular complexity index is 462. The molecule has 1 unspecified atom stereocenters. The van der Waals surface area contributed by atoms with Crippen LogP contribution in [-0.4, -0.2) is 57.9 Å². The molecular weight excluding hydrogens is 244 g/mol. The Hall–Kier alpha value is -1.73. The van der Waals surface area contributed by atoms with Crippen molar-refractivity contribution in [1.82, 2.24) is 19.8 Å². The van der Waals surface area contributed by atoms with Crippen LogP contribution in [0.4, 0.5) is 5.82 Å². The van der Waals surface area contributed by atoms with Crippen LogP contribution in [0.1, 0.15) is 23.3 Å². The number of aromatic nitrogens is 2. The van der Waals surface area contributed by atoms with Gasteiger partial charge in [0.25, 0.3) is 5.91 Å². The predicted molar refractivity (Wildman–Crippen MR) is 70.3 cm³/mol. The fourth-order valence-electron chi connectivity index (χ4n) is 2.85. The quantitative estimate of drug-likeness (QED) is 0.561. The molecule has 1 amide bonds. The van der Waals surface area contributed by atoms with Gasteiger partial charge in [-0.1, -0.05) is 0 Å². The molecule has 0 radical (unpaired) electrons. The molecule has 102 valence electrons. The van der Waals surface area contributed by atoms with Crippen molar-refractivity contribution in [3.05, 3.63) is 18.1 Å². The summed E-state index contributed by atoms with van der Waals surface area (Å²) in [5.41, 5.74) is 2.78. The van der Waals surface area contributed by atoms with Crippen molar-refractivity contribution in [2.75, 3.05) is 31.6 Å². The fourth-order valence-corrected chi connectivity index (χ4v) is 2.85. The topological polar surface area (TPSA) is 87.4 Å². The Morgan fingerprint density at radius 2 is 2.21 bits per heavy atom. The van der Waals surface area contributed by atoms with Crippen LogP contribution >= 0.6 is 0 Å². The van der Waals surface area contributed by atoms with E-state index in [4.69, 9.17) is 5.84 Å². The van der Waals surface area contributed by atoms with Gasteiger partial charge < -0.3 is 10.3 Å². The van der Waals surface area contributed by atoms with E-state index in [9.17, 15) is 4.79 Å². The van der Waals surface area contributed by atoms with Gasteiger partial charge in [0, 0.05) is 25.7 Å². The van der Waals surface area contributed by atoms with Gasteiger partial charge in [-0.15, -0.1) is 0 Å². The molecule has 3 heterocycles. The van der Waals surface area contributed by atoms with Gasteiger partial charge in [0.2, 0.25) is 0 Å². The molecule has 3 N–H and O–H groups in total. The lowest BCUT2D eigenvalue weighted by Gasteiger charge is -2.37. The van der Waals surface area contributed by atoms with Crippen LogP contribution in [-0.2, 0) is 0 Å². The first-order valence-corrected chi connectivity index (χ1v) is 6.60. The number of rotatable bonds is 2. The summed E-state index contributed by atoms with van der Waals surface area (Å²) in [6.07, 6.45) is 5.37. The number of nitrogens with two attached hydrogens (primary N) is 1. The van der Waals surface area contributed by atoms with Crippen LogP contribution in [0.15, 0.2) is 12.4 Å². The summed E-state index contributed by atoms with van der Waals surface area (Å²) in [5.74, 6) is 5.64. The second kappa shape index (κ2) is 5.10. The minimum absolute atomic E-state index is 0.0392. The number of hydrogen-bond donors (Lipinski definition) is 2. The fraction of sp³-hybridized carbons (Fsp3) is 0.583. The average Bonchev–Trinajstić information content (AvgIpc) is 2.94. The number of piperazine rings is 1. The molecule has 19 heavy (non-hydrogen) atoms. The number of amides is 1. The Balaban J connectivity index is 1.69. The Labute approximate surface area is 111 Å². The van der Waals surface area contributed by atoms with E-state index in [1.54, 1.807) is 0 Å². The van der Waals surface area contributed by atoms with Gasteiger partial charge in [0.15, 0.2) is 5.82 Å². The van der Waals surface area contributed by atoms with Crippen LogP contribution in [0, 0.1) is 0 Å². The number of fused-ring (bicyclic) bond motifs is 1. The summed E-state index contributed by atoms with van der Waals surface area (Å²) >= 11 is 0. The smallest absolute Gasteiger partial charge is 0.274 e. The van der Waals surface area contributed by atoms with E-state index in [0.717, 1.165) is 19.6 Å². The number of hydrogen-bond acceptors (Lipinski definition) is 6. The Kier molecular flexibility index (Phi) is 3.31. The zero-order valence-electron chi connectivity index (χ0n) is 10.7. The van der Waals surface area contributed by atoms with Gasteiger partial charge >= 0.3 is 0 Å². The van der Waals surface area contributed by atoms with Crippen molar-refractivity contribution >= 4 is 11.7 Å². The SMILES string of the molecule is NNc1cnc(C(=O)N2CCN3CCCC3C2)cn1. The summed E-state index contributed by atoms with van der Waals surface area (Å²) in [4.78, 5) is 24.8. The third-order valence-electron chi connectivity index (χ3n) is 3.89. The molecule has 7 heteroatoms.